The van der Waals surface area contributed by atoms with Crippen LogP contribution < -0.4 is 5.32 Å². The van der Waals surface area contributed by atoms with Gasteiger partial charge in [0.15, 0.2) is 9.84 Å². The fourth-order valence-corrected chi connectivity index (χ4v) is 2.94. The average molecular weight is 353 g/mol. The van der Waals surface area contributed by atoms with Crippen molar-refractivity contribution in [2.45, 2.75) is 50.7 Å². The summed E-state index contributed by atoms with van der Waals surface area (Å²) in [6.45, 7) is 7.27. The maximum atomic E-state index is 11.8. The maximum Gasteiger partial charge on any atom is 0.407 e. The van der Waals surface area contributed by atoms with Gasteiger partial charge in [-0.3, -0.25) is 5.10 Å². The molecule has 1 amide bonds. The number of amides is 1. The zero-order chi connectivity index (χ0) is 18.1. The number of carbonyl (C=O) groups excluding carboxylic acids is 1. The van der Waals surface area contributed by atoms with Gasteiger partial charge in [0.1, 0.15) is 5.60 Å². The number of ether oxygens (including phenoxy) is 1. The Bertz CT molecular complexity index is 850. The van der Waals surface area contributed by atoms with E-state index in [0.29, 0.717) is 11.9 Å². The molecular formula is C16H23N3O4S. The molecule has 2 aromatic rings. The summed E-state index contributed by atoms with van der Waals surface area (Å²) in [6.07, 6.45) is 1.18. The van der Waals surface area contributed by atoms with Gasteiger partial charge in [0.05, 0.1) is 16.1 Å². The number of hydrogen-bond acceptors (Lipinski definition) is 5. The molecule has 2 rings (SSSR count). The Morgan fingerprint density at radius 1 is 1.38 bits per heavy atom. The topological polar surface area (TPSA) is 101 Å². The number of aromatic amines is 1. The second-order valence-electron chi connectivity index (χ2n) is 6.90. The summed E-state index contributed by atoms with van der Waals surface area (Å²) in [4.78, 5) is 12.0. The highest BCUT2D eigenvalue weighted by atomic mass is 32.2. The van der Waals surface area contributed by atoms with Crippen LogP contribution in [0.4, 0.5) is 4.79 Å². The van der Waals surface area contributed by atoms with E-state index in [1.807, 2.05) is 6.92 Å². The van der Waals surface area contributed by atoms with Gasteiger partial charge in [-0.25, -0.2) is 13.2 Å². The second-order valence-corrected chi connectivity index (χ2v) is 8.92. The fraction of sp³-hybridized carbons (Fsp3) is 0.500. The molecule has 2 N–H and O–H groups in total. The Labute approximate surface area is 141 Å². The van der Waals surface area contributed by atoms with E-state index in [0.717, 1.165) is 17.3 Å². The molecule has 0 radical (unpaired) electrons. The van der Waals surface area contributed by atoms with E-state index in [2.05, 4.69) is 15.5 Å². The molecule has 1 aromatic carbocycles. The number of nitrogens with zero attached hydrogens (tertiary/aromatic N) is 1. The van der Waals surface area contributed by atoms with Crippen LogP contribution in [0.1, 0.15) is 33.4 Å². The van der Waals surface area contributed by atoms with Gasteiger partial charge in [0.2, 0.25) is 0 Å². The molecule has 8 heteroatoms. The Hall–Kier alpha value is -2.09. The van der Waals surface area contributed by atoms with Crippen LogP contribution in [0, 0.1) is 0 Å². The SMILES string of the molecule is CC(Cc1n[nH]c2cc(S(C)(=O)=O)ccc12)NC(=O)OC(C)(C)C. The number of carbonyl (C=O) groups is 1. The number of rotatable bonds is 4. The van der Waals surface area contributed by atoms with Crippen LogP contribution in [0.5, 0.6) is 0 Å². The number of fused-ring (bicyclic) bond motifs is 1. The monoisotopic (exact) mass is 353 g/mol. The first-order chi connectivity index (χ1) is 11.0. The summed E-state index contributed by atoms with van der Waals surface area (Å²) in [6, 6.07) is 4.67. The third-order valence-electron chi connectivity index (χ3n) is 3.30. The van der Waals surface area contributed by atoms with Crippen molar-refractivity contribution in [2.75, 3.05) is 6.26 Å². The van der Waals surface area contributed by atoms with Crippen LogP contribution in [0.15, 0.2) is 23.1 Å². The number of sulfone groups is 1. The van der Waals surface area contributed by atoms with Crippen molar-refractivity contribution >= 4 is 26.8 Å². The third kappa shape index (κ3) is 4.70. The van der Waals surface area contributed by atoms with Crippen molar-refractivity contribution in [2.24, 2.45) is 0 Å². The highest BCUT2D eigenvalue weighted by Crippen LogP contribution is 2.21. The number of benzene rings is 1. The molecule has 0 aliphatic rings. The number of H-pyrrole nitrogens is 1. The molecule has 0 fully saturated rings. The van der Waals surface area contributed by atoms with E-state index in [1.165, 1.54) is 0 Å². The number of hydrogen-bond donors (Lipinski definition) is 2. The lowest BCUT2D eigenvalue weighted by Crippen LogP contribution is -2.38. The summed E-state index contributed by atoms with van der Waals surface area (Å²) in [5.74, 6) is 0. The lowest BCUT2D eigenvalue weighted by atomic mass is 10.1. The lowest BCUT2D eigenvalue weighted by molar-refractivity contribution is 0.0508. The van der Waals surface area contributed by atoms with Crippen LogP contribution in [0.2, 0.25) is 0 Å². The van der Waals surface area contributed by atoms with Crippen molar-refractivity contribution in [3.05, 3.63) is 23.9 Å². The standard InChI is InChI=1S/C16H23N3O4S/c1-10(17-15(20)23-16(2,3)4)8-13-12-7-6-11(24(5,21)22)9-14(12)19-18-13/h6-7,9-10H,8H2,1-5H3,(H,17,20)(H,18,19). The highest BCUT2D eigenvalue weighted by Gasteiger charge is 2.19. The fourth-order valence-electron chi connectivity index (χ4n) is 2.29. The van der Waals surface area contributed by atoms with Gasteiger partial charge in [0, 0.05) is 24.1 Å². The normalized spacial score (nSPS) is 13.7. The van der Waals surface area contributed by atoms with Gasteiger partial charge in [-0.1, -0.05) is 0 Å². The van der Waals surface area contributed by atoms with E-state index in [1.54, 1.807) is 39.0 Å². The zero-order valence-corrected chi connectivity index (χ0v) is 15.3. The molecule has 0 spiro atoms. The van der Waals surface area contributed by atoms with Gasteiger partial charge in [-0.05, 0) is 45.9 Å². The predicted octanol–water partition coefficient (Wildman–Crippen LogP) is 2.42. The van der Waals surface area contributed by atoms with E-state index < -0.39 is 21.5 Å². The molecule has 0 aliphatic carbocycles. The van der Waals surface area contributed by atoms with Crippen molar-refractivity contribution in [3.63, 3.8) is 0 Å². The zero-order valence-electron chi connectivity index (χ0n) is 14.5. The van der Waals surface area contributed by atoms with Gasteiger partial charge >= 0.3 is 6.09 Å². The number of aromatic nitrogens is 2. The van der Waals surface area contributed by atoms with Crippen molar-refractivity contribution in [3.8, 4) is 0 Å². The Morgan fingerprint density at radius 2 is 2.04 bits per heavy atom. The van der Waals surface area contributed by atoms with Crippen LogP contribution in [0.3, 0.4) is 0 Å². The lowest BCUT2D eigenvalue weighted by Gasteiger charge is -2.21. The second kappa shape index (κ2) is 6.43. The molecule has 0 saturated heterocycles. The van der Waals surface area contributed by atoms with Gasteiger partial charge in [-0.15, -0.1) is 0 Å². The Morgan fingerprint density at radius 3 is 2.62 bits per heavy atom. The molecule has 0 bridgehead atoms. The number of nitrogens with one attached hydrogen (secondary N) is 2. The van der Waals surface area contributed by atoms with Crippen LogP contribution in [0.25, 0.3) is 10.9 Å². The first-order valence-corrected chi connectivity index (χ1v) is 9.51. The minimum atomic E-state index is -3.26. The minimum absolute atomic E-state index is 0.180. The van der Waals surface area contributed by atoms with Crippen LogP contribution in [-0.2, 0) is 21.0 Å². The quantitative estimate of drug-likeness (QED) is 0.879. The van der Waals surface area contributed by atoms with Gasteiger partial charge in [0.25, 0.3) is 0 Å². The van der Waals surface area contributed by atoms with Gasteiger partial charge < -0.3 is 10.1 Å². The first kappa shape index (κ1) is 18.3. The summed E-state index contributed by atoms with van der Waals surface area (Å²) < 4.78 is 28.4. The Balaban J connectivity index is 2.12. The molecule has 1 aromatic heterocycles. The first-order valence-electron chi connectivity index (χ1n) is 7.62. The molecule has 7 nitrogen and oxygen atoms in total. The van der Waals surface area contributed by atoms with E-state index in [-0.39, 0.29) is 10.9 Å². The summed E-state index contributed by atoms with van der Waals surface area (Å²) in [5, 5.41) is 10.7. The van der Waals surface area contributed by atoms with Crippen molar-refractivity contribution < 1.29 is 17.9 Å². The summed E-state index contributed by atoms with van der Waals surface area (Å²) in [7, 11) is -3.26. The van der Waals surface area contributed by atoms with Crippen molar-refractivity contribution in [1.82, 2.24) is 15.5 Å². The average Bonchev–Trinajstić information content (AvgIpc) is 2.77. The van der Waals surface area contributed by atoms with Crippen LogP contribution in [-0.4, -0.2) is 42.6 Å². The van der Waals surface area contributed by atoms with Crippen molar-refractivity contribution in [1.29, 1.82) is 0 Å². The van der Waals surface area contributed by atoms with Crippen LogP contribution >= 0.6 is 0 Å². The highest BCUT2D eigenvalue weighted by molar-refractivity contribution is 7.90. The smallest absolute Gasteiger partial charge is 0.407 e. The van der Waals surface area contributed by atoms with E-state index >= 15 is 0 Å². The molecule has 24 heavy (non-hydrogen) atoms. The largest absolute Gasteiger partial charge is 0.444 e. The molecule has 1 unspecified atom stereocenters. The predicted molar refractivity (Wildman–Crippen MR) is 91.7 cm³/mol. The minimum Gasteiger partial charge on any atom is -0.444 e. The van der Waals surface area contributed by atoms with E-state index in [9.17, 15) is 13.2 Å². The summed E-state index contributed by atoms with van der Waals surface area (Å²) in [5.41, 5.74) is 0.858. The van der Waals surface area contributed by atoms with Gasteiger partial charge in [-0.2, -0.15) is 5.10 Å². The maximum absolute atomic E-state index is 11.8. The molecule has 0 saturated carbocycles. The molecule has 1 heterocycles. The summed E-state index contributed by atoms with van der Waals surface area (Å²) >= 11 is 0. The molecular weight excluding hydrogens is 330 g/mol. The molecule has 0 aliphatic heterocycles. The molecule has 132 valence electrons. The Kier molecular flexibility index (Phi) is 4.89. The molecule has 1 atom stereocenters. The number of alkyl carbamates (subject to hydrolysis) is 1. The third-order valence-corrected chi connectivity index (χ3v) is 4.41. The van der Waals surface area contributed by atoms with E-state index in [4.69, 9.17) is 4.74 Å².